The van der Waals surface area contributed by atoms with Gasteiger partial charge in [0.05, 0.1) is 26.4 Å². The minimum atomic E-state index is -0.721. The Balaban J connectivity index is 1.51. The topological polar surface area (TPSA) is 83.0 Å². The van der Waals surface area contributed by atoms with Crippen LogP contribution >= 0.6 is 0 Å². The summed E-state index contributed by atoms with van der Waals surface area (Å²) in [7, 11) is 3.31. The third kappa shape index (κ3) is 5.18. The third-order valence-electron chi connectivity index (χ3n) is 8.15. The molecule has 0 aromatic heterocycles. The standard InChI is InChI=1S/C34H42N2O4/c1-33(2,3)29-15-19(23-17-21(39-7)9-11-27(23)35-29)13-25-31(37)26(32(25)38)14-20-16-30(34(4,5)6)36-28-12-10-22(40-8)18-24(20)28/h9-18,25-26,31-32,35-38H,1-8H3/b19-13+,20-14+. The minimum Gasteiger partial charge on any atom is -0.497 e. The summed E-state index contributed by atoms with van der Waals surface area (Å²) in [6.07, 6.45) is 6.85. The van der Waals surface area contributed by atoms with E-state index in [1.807, 2.05) is 48.6 Å². The maximum Gasteiger partial charge on any atom is 0.119 e. The summed E-state index contributed by atoms with van der Waals surface area (Å²) in [4.78, 5) is 0. The van der Waals surface area contributed by atoms with Crippen molar-refractivity contribution in [2.24, 2.45) is 22.7 Å². The molecule has 0 unspecified atom stereocenters. The molecule has 0 bridgehead atoms. The highest BCUT2D eigenvalue weighted by atomic mass is 16.5. The molecule has 40 heavy (non-hydrogen) atoms. The van der Waals surface area contributed by atoms with Gasteiger partial charge in [0.1, 0.15) is 11.5 Å². The lowest BCUT2D eigenvalue weighted by Crippen LogP contribution is -2.53. The Morgan fingerprint density at radius 3 is 1.35 bits per heavy atom. The normalized spacial score (nSPS) is 26.1. The molecule has 0 spiro atoms. The van der Waals surface area contributed by atoms with Crippen molar-refractivity contribution in [3.63, 3.8) is 0 Å². The van der Waals surface area contributed by atoms with E-state index in [1.54, 1.807) is 14.2 Å². The van der Waals surface area contributed by atoms with Crippen molar-refractivity contribution in [1.82, 2.24) is 0 Å². The maximum absolute atomic E-state index is 11.4. The molecule has 2 aromatic rings. The SMILES string of the molecule is COc1ccc2c(c1)/C(=C/C1C(O)C(/C=C3\C=C(C(C)(C)C)Nc4ccc(OC)cc43)C1O)C=C(C(C)(C)C)N2. The van der Waals surface area contributed by atoms with Gasteiger partial charge in [-0.25, -0.2) is 0 Å². The van der Waals surface area contributed by atoms with E-state index in [2.05, 4.69) is 64.3 Å². The fourth-order valence-electron chi connectivity index (χ4n) is 5.49. The summed E-state index contributed by atoms with van der Waals surface area (Å²) in [6.45, 7) is 13.0. The largest absolute Gasteiger partial charge is 0.497 e. The van der Waals surface area contributed by atoms with Crippen molar-refractivity contribution < 1.29 is 19.7 Å². The smallest absolute Gasteiger partial charge is 0.119 e. The number of benzene rings is 2. The molecule has 0 saturated heterocycles. The van der Waals surface area contributed by atoms with Crippen LogP contribution in [0.4, 0.5) is 11.4 Å². The van der Waals surface area contributed by atoms with Gasteiger partial charge < -0.3 is 30.3 Å². The lowest BCUT2D eigenvalue weighted by Gasteiger charge is -2.45. The second-order valence-electron chi connectivity index (χ2n) is 13.1. The molecular weight excluding hydrogens is 500 g/mol. The lowest BCUT2D eigenvalue weighted by molar-refractivity contribution is -0.109. The van der Waals surface area contributed by atoms with Gasteiger partial charge in [-0.2, -0.15) is 0 Å². The summed E-state index contributed by atoms with van der Waals surface area (Å²) < 4.78 is 11.0. The Hall–Kier alpha value is -3.48. The van der Waals surface area contributed by atoms with Crippen LogP contribution in [0.5, 0.6) is 11.5 Å². The number of ether oxygens (including phenoxy) is 2. The Kier molecular flexibility index (Phi) is 7.13. The maximum atomic E-state index is 11.4. The third-order valence-corrected chi connectivity index (χ3v) is 8.15. The van der Waals surface area contributed by atoms with Crippen LogP contribution < -0.4 is 20.1 Å². The van der Waals surface area contributed by atoms with Crippen molar-refractivity contribution in [2.75, 3.05) is 24.9 Å². The van der Waals surface area contributed by atoms with Crippen LogP contribution in [0.3, 0.4) is 0 Å². The van der Waals surface area contributed by atoms with Crippen LogP contribution in [0.1, 0.15) is 52.7 Å². The predicted molar refractivity (Wildman–Crippen MR) is 163 cm³/mol. The van der Waals surface area contributed by atoms with Crippen molar-refractivity contribution in [3.8, 4) is 11.5 Å². The second kappa shape index (κ2) is 10.2. The van der Waals surface area contributed by atoms with Gasteiger partial charge in [-0.15, -0.1) is 0 Å². The molecule has 4 N–H and O–H groups in total. The van der Waals surface area contributed by atoms with Crippen LogP contribution in [0.2, 0.25) is 0 Å². The molecule has 212 valence electrons. The summed E-state index contributed by atoms with van der Waals surface area (Å²) in [5, 5.41) is 29.9. The van der Waals surface area contributed by atoms with E-state index in [4.69, 9.17) is 9.47 Å². The molecule has 1 saturated carbocycles. The number of methoxy groups -OCH3 is 2. The zero-order chi connectivity index (χ0) is 29.0. The van der Waals surface area contributed by atoms with Gasteiger partial charge in [0.25, 0.3) is 0 Å². The number of aliphatic hydroxyl groups excluding tert-OH is 2. The number of nitrogens with one attached hydrogen (secondary N) is 2. The molecule has 0 amide bonds. The first kappa shape index (κ1) is 28.1. The molecule has 2 heterocycles. The first-order valence-electron chi connectivity index (χ1n) is 13.9. The molecule has 6 heteroatoms. The highest BCUT2D eigenvalue weighted by Gasteiger charge is 2.47. The van der Waals surface area contributed by atoms with E-state index in [-0.39, 0.29) is 10.8 Å². The number of hydrogen-bond acceptors (Lipinski definition) is 6. The van der Waals surface area contributed by atoms with Crippen molar-refractivity contribution in [1.29, 1.82) is 0 Å². The van der Waals surface area contributed by atoms with Gasteiger partial charge in [-0.05, 0) is 59.7 Å². The Bertz CT molecular complexity index is 1320. The van der Waals surface area contributed by atoms with E-state index < -0.39 is 24.0 Å². The van der Waals surface area contributed by atoms with Crippen LogP contribution in [0.15, 0.2) is 72.1 Å². The van der Waals surface area contributed by atoms with Crippen LogP contribution in [0.25, 0.3) is 11.1 Å². The molecular formula is C34H42N2O4. The average Bonchev–Trinajstić information content (AvgIpc) is 2.92. The number of hydrogen-bond donors (Lipinski definition) is 4. The van der Waals surface area contributed by atoms with E-state index in [1.165, 1.54) is 0 Å². The molecule has 1 aliphatic carbocycles. The molecule has 2 aromatic carbocycles. The van der Waals surface area contributed by atoms with Crippen LogP contribution in [-0.4, -0.2) is 36.6 Å². The van der Waals surface area contributed by atoms with Crippen molar-refractivity contribution >= 4 is 22.5 Å². The van der Waals surface area contributed by atoms with E-state index >= 15 is 0 Å². The highest BCUT2D eigenvalue weighted by molar-refractivity contribution is 5.89. The molecule has 5 rings (SSSR count). The average molecular weight is 543 g/mol. The summed E-state index contributed by atoms with van der Waals surface area (Å²) >= 11 is 0. The highest BCUT2D eigenvalue weighted by Crippen LogP contribution is 2.46. The summed E-state index contributed by atoms with van der Waals surface area (Å²) in [5.41, 5.74) is 7.87. The van der Waals surface area contributed by atoms with Gasteiger partial charge in [0.2, 0.25) is 0 Å². The summed E-state index contributed by atoms with van der Waals surface area (Å²) in [6, 6.07) is 11.9. The molecule has 1 fully saturated rings. The Morgan fingerprint density at radius 1 is 0.650 bits per heavy atom. The molecule has 0 radical (unpaired) electrons. The van der Waals surface area contributed by atoms with Gasteiger partial charge in [0.15, 0.2) is 0 Å². The van der Waals surface area contributed by atoms with Crippen molar-refractivity contribution in [3.05, 3.63) is 83.2 Å². The number of rotatable bonds is 4. The molecule has 3 aliphatic rings. The first-order chi connectivity index (χ1) is 18.8. The Morgan fingerprint density at radius 2 is 1.02 bits per heavy atom. The lowest BCUT2D eigenvalue weighted by atomic mass is 9.66. The minimum absolute atomic E-state index is 0.0962. The van der Waals surface area contributed by atoms with Crippen LogP contribution in [-0.2, 0) is 0 Å². The number of fused-ring (bicyclic) bond motifs is 2. The van der Waals surface area contributed by atoms with Crippen LogP contribution in [0, 0.1) is 22.7 Å². The molecule has 6 nitrogen and oxygen atoms in total. The van der Waals surface area contributed by atoms with Gasteiger partial charge in [-0.1, -0.05) is 53.7 Å². The molecule has 2 aliphatic heterocycles. The van der Waals surface area contributed by atoms with E-state index in [0.717, 1.165) is 56.5 Å². The monoisotopic (exact) mass is 542 g/mol. The quantitative estimate of drug-likeness (QED) is 0.338. The number of anilines is 2. The van der Waals surface area contributed by atoms with Gasteiger partial charge in [0, 0.05) is 56.6 Å². The number of allylic oxidation sites excluding steroid dienone is 6. The van der Waals surface area contributed by atoms with E-state index in [0.29, 0.717) is 0 Å². The Labute approximate surface area is 238 Å². The van der Waals surface area contributed by atoms with Gasteiger partial charge in [-0.3, -0.25) is 0 Å². The van der Waals surface area contributed by atoms with E-state index in [9.17, 15) is 10.2 Å². The zero-order valence-electron chi connectivity index (χ0n) is 24.8. The first-order valence-corrected chi connectivity index (χ1v) is 13.9. The molecule has 0 atom stereocenters. The zero-order valence-corrected chi connectivity index (χ0v) is 24.8. The predicted octanol–water partition coefficient (Wildman–Crippen LogP) is 6.85. The number of aliphatic hydroxyl groups is 2. The fraction of sp³-hybridized carbons (Fsp3) is 0.412. The van der Waals surface area contributed by atoms with Crippen molar-refractivity contribution in [2.45, 2.75) is 53.8 Å². The summed E-state index contributed by atoms with van der Waals surface area (Å²) in [5.74, 6) is 0.726. The fourth-order valence-corrected chi connectivity index (χ4v) is 5.49. The second-order valence-corrected chi connectivity index (χ2v) is 13.1. The van der Waals surface area contributed by atoms with Gasteiger partial charge >= 0.3 is 0 Å².